The molecule has 106 valence electrons. The first kappa shape index (κ1) is 14.4. The fraction of sp³-hybridized carbons (Fsp3) is 0.500. The van der Waals surface area contributed by atoms with Crippen molar-refractivity contribution in [2.45, 2.75) is 10.3 Å². The summed E-state index contributed by atoms with van der Waals surface area (Å²) in [5, 5.41) is 19.3. The maximum Gasteiger partial charge on any atom is 0.336 e. The zero-order valence-corrected chi connectivity index (χ0v) is 11.5. The van der Waals surface area contributed by atoms with E-state index >= 15 is 0 Å². The van der Waals surface area contributed by atoms with Gasteiger partial charge >= 0.3 is 5.97 Å². The molecular weight excluding hydrogens is 294 g/mol. The number of morpholine rings is 1. The third kappa shape index (κ3) is 2.79. The first-order valence-electron chi connectivity index (χ1n) is 5.49. The number of thiophene rings is 1. The molecule has 0 saturated carbocycles. The lowest BCUT2D eigenvalue weighted by molar-refractivity contribution is 0.0110. The second-order valence-electron chi connectivity index (χ2n) is 3.99. The van der Waals surface area contributed by atoms with E-state index in [1.54, 1.807) is 0 Å². The quantitative estimate of drug-likeness (QED) is 0.800. The van der Waals surface area contributed by atoms with Gasteiger partial charge in [0.25, 0.3) is 10.0 Å². The average molecular weight is 307 g/mol. The molecule has 7 nitrogen and oxygen atoms in total. The SMILES string of the molecule is O=C(O)c1csc(S(=O)(=O)N2CCOCC2CO)c1. The minimum Gasteiger partial charge on any atom is -0.478 e. The van der Waals surface area contributed by atoms with Crippen LogP contribution >= 0.6 is 11.3 Å². The van der Waals surface area contributed by atoms with Gasteiger partial charge in [-0.1, -0.05) is 0 Å². The third-order valence-electron chi connectivity index (χ3n) is 2.77. The Morgan fingerprint density at radius 3 is 2.89 bits per heavy atom. The largest absolute Gasteiger partial charge is 0.478 e. The maximum absolute atomic E-state index is 12.4. The van der Waals surface area contributed by atoms with Gasteiger partial charge in [-0.05, 0) is 6.07 Å². The van der Waals surface area contributed by atoms with Gasteiger partial charge < -0.3 is 14.9 Å². The highest BCUT2D eigenvalue weighted by Crippen LogP contribution is 2.26. The van der Waals surface area contributed by atoms with Crippen molar-refractivity contribution in [3.8, 4) is 0 Å². The van der Waals surface area contributed by atoms with Crippen LogP contribution in [0.3, 0.4) is 0 Å². The van der Waals surface area contributed by atoms with E-state index in [-0.39, 0.29) is 36.1 Å². The van der Waals surface area contributed by atoms with Crippen molar-refractivity contribution in [2.75, 3.05) is 26.4 Å². The van der Waals surface area contributed by atoms with Crippen LogP contribution in [-0.2, 0) is 14.8 Å². The third-order valence-corrected chi connectivity index (χ3v) is 6.14. The van der Waals surface area contributed by atoms with Gasteiger partial charge in [-0.2, -0.15) is 4.31 Å². The zero-order chi connectivity index (χ0) is 14.0. The molecule has 2 rings (SSSR count). The monoisotopic (exact) mass is 307 g/mol. The van der Waals surface area contributed by atoms with E-state index in [0.717, 1.165) is 21.7 Å². The number of rotatable bonds is 4. The van der Waals surface area contributed by atoms with Crippen molar-refractivity contribution < 1.29 is 28.2 Å². The first-order chi connectivity index (χ1) is 8.96. The van der Waals surface area contributed by atoms with Crippen LogP contribution in [0, 0.1) is 0 Å². The molecule has 1 fully saturated rings. The topological polar surface area (TPSA) is 104 Å². The van der Waals surface area contributed by atoms with Gasteiger partial charge in [-0.15, -0.1) is 11.3 Å². The molecular formula is C10H13NO6S2. The van der Waals surface area contributed by atoms with Crippen molar-refractivity contribution >= 4 is 27.3 Å². The summed E-state index contributed by atoms with van der Waals surface area (Å²) in [6, 6.07) is 0.501. The number of hydrogen-bond donors (Lipinski definition) is 2. The standard InChI is InChI=1S/C10H13NO6S2/c12-4-8-5-17-2-1-11(8)19(15,16)9-3-7(6-18-9)10(13)14/h3,6,8,12H,1-2,4-5H2,(H,13,14). The fourth-order valence-corrected chi connectivity index (χ4v) is 4.65. The molecule has 9 heteroatoms. The molecule has 1 atom stereocenters. The van der Waals surface area contributed by atoms with Crippen LogP contribution in [0.15, 0.2) is 15.7 Å². The van der Waals surface area contributed by atoms with Gasteiger partial charge in [0.15, 0.2) is 0 Å². The summed E-state index contributed by atoms with van der Waals surface area (Å²) in [5.41, 5.74) is -0.0580. The predicted octanol–water partition coefficient (Wildman–Crippen LogP) is -0.172. The molecule has 19 heavy (non-hydrogen) atoms. The van der Waals surface area contributed by atoms with Gasteiger partial charge in [0.2, 0.25) is 0 Å². The number of carbonyl (C=O) groups is 1. The van der Waals surface area contributed by atoms with E-state index in [1.807, 2.05) is 0 Å². The number of hydrogen-bond acceptors (Lipinski definition) is 6. The van der Waals surface area contributed by atoms with Crippen molar-refractivity contribution in [2.24, 2.45) is 0 Å². The number of carboxylic acid groups (broad SMARTS) is 1. The smallest absolute Gasteiger partial charge is 0.336 e. The lowest BCUT2D eigenvalue weighted by atomic mass is 10.3. The maximum atomic E-state index is 12.4. The Morgan fingerprint density at radius 2 is 2.32 bits per heavy atom. The number of nitrogens with zero attached hydrogens (tertiary/aromatic N) is 1. The summed E-state index contributed by atoms with van der Waals surface area (Å²) in [5.74, 6) is -1.17. The second kappa shape index (κ2) is 5.55. The van der Waals surface area contributed by atoms with Crippen molar-refractivity contribution in [1.82, 2.24) is 4.31 Å². The number of carboxylic acids is 1. The lowest BCUT2D eigenvalue weighted by Gasteiger charge is -2.32. The van der Waals surface area contributed by atoms with Crippen molar-refractivity contribution in [3.05, 3.63) is 17.0 Å². The summed E-state index contributed by atoms with van der Waals surface area (Å²) >= 11 is 0.858. The number of aliphatic hydroxyl groups excluding tert-OH is 1. The summed E-state index contributed by atoms with van der Waals surface area (Å²) < 4.78 is 31.0. The molecule has 1 saturated heterocycles. The number of aliphatic hydroxyl groups is 1. The van der Waals surface area contributed by atoms with Crippen LogP contribution in [0.25, 0.3) is 0 Å². The van der Waals surface area contributed by atoms with E-state index in [0.29, 0.717) is 0 Å². The Balaban J connectivity index is 2.32. The van der Waals surface area contributed by atoms with E-state index in [4.69, 9.17) is 9.84 Å². The molecule has 1 aliphatic rings. The molecule has 1 aliphatic heterocycles. The average Bonchev–Trinajstić information content (AvgIpc) is 2.89. The van der Waals surface area contributed by atoms with Crippen LogP contribution in [0.2, 0.25) is 0 Å². The normalized spacial score (nSPS) is 21.4. The van der Waals surface area contributed by atoms with E-state index in [2.05, 4.69) is 0 Å². The van der Waals surface area contributed by atoms with Crippen LogP contribution in [0.1, 0.15) is 10.4 Å². The number of sulfonamides is 1. The predicted molar refractivity (Wildman–Crippen MR) is 66.9 cm³/mol. The van der Waals surface area contributed by atoms with Crippen molar-refractivity contribution in [1.29, 1.82) is 0 Å². The molecule has 2 heterocycles. The Bertz CT molecular complexity index is 566. The second-order valence-corrected chi connectivity index (χ2v) is 7.02. The number of aromatic carboxylic acids is 1. The van der Waals surface area contributed by atoms with Crippen LogP contribution < -0.4 is 0 Å². The first-order valence-corrected chi connectivity index (χ1v) is 7.81. The molecule has 0 amide bonds. The fourth-order valence-electron chi connectivity index (χ4n) is 1.78. The summed E-state index contributed by atoms with van der Waals surface area (Å²) in [6.45, 7) is 0.198. The molecule has 0 bridgehead atoms. The summed E-state index contributed by atoms with van der Waals surface area (Å²) in [7, 11) is -3.79. The minimum absolute atomic E-state index is 0.0368. The molecule has 0 spiro atoms. The van der Waals surface area contributed by atoms with Crippen LogP contribution in [0.5, 0.6) is 0 Å². The van der Waals surface area contributed by atoms with E-state index in [1.165, 1.54) is 5.38 Å². The van der Waals surface area contributed by atoms with Gasteiger partial charge in [-0.3, -0.25) is 0 Å². The molecule has 1 aromatic rings. The highest BCUT2D eigenvalue weighted by Gasteiger charge is 2.34. The molecule has 1 unspecified atom stereocenters. The van der Waals surface area contributed by atoms with Gasteiger partial charge in [0, 0.05) is 11.9 Å². The Hall–Kier alpha value is -1.00. The molecule has 0 radical (unpaired) electrons. The van der Waals surface area contributed by atoms with Gasteiger partial charge in [0.1, 0.15) is 4.21 Å². The Labute approximate surface area is 114 Å². The van der Waals surface area contributed by atoms with Crippen LogP contribution in [0.4, 0.5) is 0 Å². The van der Waals surface area contributed by atoms with Gasteiger partial charge in [0.05, 0.1) is 31.4 Å². The number of ether oxygens (including phenoxy) is 1. The Morgan fingerprint density at radius 1 is 1.58 bits per heavy atom. The van der Waals surface area contributed by atoms with E-state index in [9.17, 15) is 18.3 Å². The zero-order valence-electron chi connectivity index (χ0n) is 9.85. The molecule has 0 aromatic carbocycles. The van der Waals surface area contributed by atoms with Crippen LogP contribution in [-0.4, -0.2) is 61.3 Å². The van der Waals surface area contributed by atoms with Gasteiger partial charge in [-0.25, -0.2) is 13.2 Å². The molecule has 1 aromatic heterocycles. The summed E-state index contributed by atoms with van der Waals surface area (Å²) in [4.78, 5) is 10.8. The molecule has 0 aliphatic carbocycles. The van der Waals surface area contributed by atoms with E-state index < -0.39 is 22.0 Å². The highest BCUT2D eigenvalue weighted by atomic mass is 32.2. The van der Waals surface area contributed by atoms with Crippen molar-refractivity contribution in [3.63, 3.8) is 0 Å². The summed E-state index contributed by atoms with van der Waals surface area (Å²) in [6.07, 6.45) is 0. The lowest BCUT2D eigenvalue weighted by Crippen LogP contribution is -2.50. The highest BCUT2D eigenvalue weighted by molar-refractivity contribution is 7.91. The minimum atomic E-state index is -3.79. The molecule has 2 N–H and O–H groups in total. The Kier molecular flexibility index (Phi) is 4.21.